The van der Waals surface area contributed by atoms with E-state index in [0.29, 0.717) is 12.6 Å². The summed E-state index contributed by atoms with van der Waals surface area (Å²) in [5.74, 6) is -0.696. The monoisotopic (exact) mass is 304 g/mol. The van der Waals surface area contributed by atoms with Gasteiger partial charge in [-0.25, -0.2) is 0 Å². The Hall–Kier alpha value is -1.39. The third-order valence-corrected chi connectivity index (χ3v) is 4.37. The molecule has 1 aliphatic rings. The first kappa shape index (κ1) is 17.0. The molecule has 1 atom stereocenters. The fraction of sp³-hybridized carbons (Fsp3) is 0.611. The fourth-order valence-corrected chi connectivity index (χ4v) is 3.32. The van der Waals surface area contributed by atoms with Gasteiger partial charge in [0, 0.05) is 25.7 Å². The van der Waals surface area contributed by atoms with Gasteiger partial charge in [-0.2, -0.15) is 0 Å². The maximum absolute atomic E-state index is 10.9. The maximum atomic E-state index is 10.9. The predicted octanol–water partition coefficient (Wildman–Crippen LogP) is 2.84. The lowest BCUT2D eigenvalue weighted by atomic mass is 10.0. The Balaban J connectivity index is 1.90. The number of piperidine rings is 1. The average molecular weight is 304 g/mol. The van der Waals surface area contributed by atoms with Gasteiger partial charge >= 0.3 is 5.97 Å². The van der Waals surface area contributed by atoms with Gasteiger partial charge in [0.1, 0.15) is 0 Å². The van der Waals surface area contributed by atoms with E-state index in [1.165, 1.54) is 18.4 Å². The molecule has 4 nitrogen and oxygen atoms in total. The molecule has 0 spiro atoms. The third-order valence-electron chi connectivity index (χ3n) is 4.37. The van der Waals surface area contributed by atoms with Crippen molar-refractivity contribution in [1.29, 1.82) is 0 Å². The molecule has 0 aromatic heterocycles. The number of likely N-dealkylation sites (tertiary alicyclic amines) is 1. The molecule has 22 heavy (non-hydrogen) atoms. The molecule has 1 saturated heterocycles. The molecule has 122 valence electrons. The molecule has 0 saturated carbocycles. The second-order valence-electron chi connectivity index (χ2n) is 6.20. The Labute approximate surface area is 133 Å². The molecule has 1 N–H and O–H groups in total. The second kappa shape index (κ2) is 8.91. The largest absolute Gasteiger partial charge is 0.481 e. The van der Waals surface area contributed by atoms with Crippen molar-refractivity contribution in [2.24, 2.45) is 0 Å². The van der Waals surface area contributed by atoms with Crippen LogP contribution in [0.4, 0.5) is 0 Å². The normalized spacial score (nSPS) is 19.5. The van der Waals surface area contributed by atoms with E-state index in [-0.39, 0.29) is 6.42 Å². The summed E-state index contributed by atoms with van der Waals surface area (Å²) in [6.45, 7) is 7.03. The zero-order valence-electron chi connectivity index (χ0n) is 13.6. The molecular weight excluding hydrogens is 276 g/mol. The Bertz CT molecular complexity index is 450. The highest BCUT2D eigenvalue weighted by Gasteiger charge is 2.25. The fourth-order valence-electron chi connectivity index (χ4n) is 3.32. The van der Waals surface area contributed by atoms with Crippen LogP contribution < -0.4 is 0 Å². The number of benzene rings is 1. The van der Waals surface area contributed by atoms with Crippen LogP contribution in [0, 0.1) is 0 Å². The molecule has 1 aliphatic heterocycles. The highest BCUT2D eigenvalue weighted by molar-refractivity contribution is 5.66. The summed E-state index contributed by atoms with van der Waals surface area (Å²) in [5.41, 5.74) is 1.36. The number of carbonyl (C=O) groups is 1. The number of aliphatic carboxylic acids is 1. The number of hydrogen-bond donors (Lipinski definition) is 1. The van der Waals surface area contributed by atoms with E-state index in [9.17, 15) is 4.79 Å². The number of nitrogens with zero attached hydrogens (tertiary/aromatic N) is 2. The number of hydrogen-bond acceptors (Lipinski definition) is 3. The Kier molecular flexibility index (Phi) is 6.87. The van der Waals surface area contributed by atoms with E-state index in [2.05, 4.69) is 47.1 Å². The van der Waals surface area contributed by atoms with E-state index >= 15 is 0 Å². The minimum absolute atomic E-state index is 0.245. The number of carboxylic acid groups (broad SMARTS) is 1. The van der Waals surface area contributed by atoms with Gasteiger partial charge in [-0.3, -0.25) is 14.6 Å². The summed E-state index contributed by atoms with van der Waals surface area (Å²) in [7, 11) is 0. The number of carboxylic acids is 1. The van der Waals surface area contributed by atoms with Crippen molar-refractivity contribution in [3.05, 3.63) is 35.9 Å². The van der Waals surface area contributed by atoms with E-state index in [4.69, 9.17) is 5.11 Å². The van der Waals surface area contributed by atoms with Crippen LogP contribution in [0.3, 0.4) is 0 Å². The molecular formula is C18H28N2O2. The standard InChI is InChI=1S/C18H28N2O2/c1-2-11-20(13-10-18(21)22)17-9-6-12-19(15-17)14-16-7-4-3-5-8-16/h3-5,7-8,17H,2,6,9-15H2,1H3,(H,21,22). The third kappa shape index (κ3) is 5.43. The van der Waals surface area contributed by atoms with Crippen LogP contribution in [-0.4, -0.2) is 53.1 Å². The smallest absolute Gasteiger partial charge is 0.304 e. The second-order valence-corrected chi connectivity index (χ2v) is 6.20. The first-order chi connectivity index (χ1) is 10.7. The van der Waals surface area contributed by atoms with Crippen molar-refractivity contribution in [3.8, 4) is 0 Å². The Morgan fingerprint density at radius 3 is 2.77 bits per heavy atom. The molecule has 1 aromatic carbocycles. The summed E-state index contributed by atoms with van der Waals surface area (Å²) in [6, 6.07) is 11.1. The van der Waals surface area contributed by atoms with Crippen molar-refractivity contribution in [2.75, 3.05) is 26.2 Å². The predicted molar refractivity (Wildman–Crippen MR) is 88.9 cm³/mol. The van der Waals surface area contributed by atoms with Crippen LogP contribution in [-0.2, 0) is 11.3 Å². The summed E-state index contributed by atoms with van der Waals surface area (Å²) < 4.78 is 0. The molecule has 4 heteroatoms. The van der Waals surface area contributed by atoms with Gasteiger partial charge in [-0.05, 0) is 37.9 Å². The van der Waals surface area contributed by atoms with Crippen LogP contribution in [0.1, 0.15) is 38.2 Å². The lowest BCUT2D eigenvalue weighted by molar-refractivity contribution is -0.137. The molecule has 2 rings (SSSR count). The van der Waals surface area contributed by atoms with E-state index < -0.39 is 5.97 Å². The van der Waals surface area contributed by atoms with Crippen LogP contribution >= 0.6 is 0 Å². The minimum Gasteiger partial charge on any atom is -0.481 e. The lowest BCUT2D eigenvalue weighted by Gasteiger charge is -2.39. The number of rotatable bonds is 8. The molecule has 0 aliphatic carbocycles. The van der Waals surface area contributed by atoms with E-state index in [0.717, 1.165) is 32.6 Å². The maximum Gasteiger partial charge on any atom is 0.304 e. The SMILES string of the molecule is CCCN(CCC(=O)O)C1CCCN(Cc2ccccc2)C1. The quantitative estimate of drug-likeness (QED) is 0.802. The van der Waals surface area contributed by atoms with Gasteiger partial charge in [-0.1, -0.05) is 37.3 Å². The summed E-state index contributed by atoms with van der Waals surface area (Å²) in [6.07, 6.45) is 3.71. The summed E-state index contributed by atoms with van der Waals surface area (Å²) >= 11 is 0. The van der Waals surface area contributed by atoms with Gasteiger partial charge < -0.3 is 5.11 Å². The van der Waals surface area contributed by atoms with E-state index in [1.807, 2.05) is 0 Å². The molecule has 1 fully saturated rings. The molecule has 0 amide bonds. The summed E-state index contributed by atoms with van der Waals surface area (Å²) in [5, 5.41) is 8.94. The van der Waals surface area contributed by atoms with Crippen molar-refractivity contribution in [2.45, 2.75) is 45.2 Å². The Morgan fingerprint density at radius 1 is 1.32 bits per heavy atom. The molecule has 1 unspecified atom stereocenters. The molecule has 0 radical (unpaired) electrons. The van der Waals surface area contributed by atoms with Crippen molar-refractivity contribution in [1.82, 2.24) is 9.80 Å². The van der Waals surface area contributed by atoms with Crippen LogP contribution in [0.15, 0.2) is 30.3 Å². The van der Waals surface area contributed by atoms with Crippen LogP contribution in [0.25, 0.3) is 0 Å². The topological polar surface area (TPSA) is 43.8 Å². The zero-order chi connectivity index (χ0) is 15.8. The molecule has 1 heterocycles. The average Bonchev–Trinajstić information content (AvgIpc) is 2.52. The van der Waals surface area contributed by atoms with Crippen molar-refractivity contribution < 1.29 is 9.90 Å². The lowest BCUT2D eigenvalue weighted by Crippen LogP contribution is -2.48. The molecule has 0 bridgehead atoms. The molecule has 1 aromatic rings. The Morgan fingerprint density at radius 2 is 2.09 bits per heavy atom. The van der Waals surface area contributed by atoms with Crippen molar-refractivity contribution in [3.63, 3.8) is 0 Å². The van der Waals surface area contributed by atoms with Gasteiger partial charge in [0.05, 0.1) is 6.42 Å². The summed E-state index contributed by atoms with van der Waals surface area (Å²) in [4.78, 5) is 15.7. The van der Waals surface area contributed by atoms with Gasteiger partial charge in [0.2, 0.25) is 0 Å². The van der Waals surface area contributed by atoms with Gasteiger partial charge in [0.25, 0.3) is 0 Å². The highest BCUT2D eigenvalue weighted by atomic mass is 16.4. The van der Waals surface area contributed by atoms with Gasteiger partial charge in [-0.15, -0.1) is 0 Å². The zero-order valence-corrected chi connectivity index (χ0v) is 13.6. The van der Waals surface area contributed by atoms with Gasteiger partial charge in [0.15, 0.2) is 0 Å². The first-order valence-corrected chi connectivity index (χ1v) is 8.41. The first-order valence-electron chi connectivity index (χ1n) is 8.41. The van der Waals surface area contributed by atoms with E-state index in [1.54, 1.807) is 0 Å². The highest BCUT2D eigenvalue weighted by Crippen LogP contribution is 2.18. The van der Waals surface area contributed by atoms with Crippen LogP contribution in [0.5, 0.6) is 0 Å². The van der Waals surface area contributed by atoms with Crippen LogP contribution in [0.2, 0.25) is 0 Å². The minimum atomic E-state index is -0.696. The van der Waals surface area contributed by atoms with Crippen molar-refractivity contribution >= 4 is 5.97 Å².